The Kier molecular flexibility index (Phi) is 8.92. The van der Waals surface area contributed by atoms with Gasteiger partial charge in [0.05, 0.1) is 12.7 Å². The van der Waals surface area contributed by atoms with E-state index >= 15 is 0 Å². The zero-order valence-corrected chi connectivity index (χ0v) is 15.7. The van der Waals surface area contributed by atoms with E-state index in [1.165, 1.54) is 0 Å². The molecule has 7 nitrogen and oxygen atoms in total. The van der Waals surface area contributed by atoms with Crippen molar-refractivity contribution in [3.63, 3.8) is 0 Å². The third-order valence-electron chi connectivity index (χ3n) is 4.19. The maximum atomic E-state index is 11.7. The van der Waals surface area contributed by atoms with Crippen molar-refractivity contribution in [3.8, 4) is 0 Å². The van der Waals surface area contributed by atoms with E-state index in [-0.39, 0.29) is 12.0 Å². The van der Waals surface area contributed by atoms with Crippen LogP contribution in [-0.4, -0.2) is 58.4 Å². The number of ether oxygens (including phenoxy) is 2. The number of hydrogen-bond donors (Lipinski definition) is 3. The molecule has 0 aromatic heterocycles. The van der Waals surface area contributed by atoms with Crippen molar-refractivity contribution in [3.05, 3.63) is 35.4 Å². The number of benzene rings is 1. The van der Waals surface area contributed by atoms with Gasteiger partial charge in [0.2, 0.25) is 0 Å². The maximum Gasteiger partial charge on any atom is 0.251 e. The summed E-state index contributed by atoms with van der Waals surface area (Å²) >= 11 is 0. The molecule has 1 heterocycles. The Balaban J connectivity index is 1.62. The highest BCUT2D eigenvalue weighted by molar-refractivity contribution is 5.94. The fourth-order valence-corrected chi connectivity index (χ4v) is 2.74. The van der Waals surface area contributed by atoms with Gasteiger partial charge in [0.25, 0.3) is 5.91 Å². The molecular formula is C19H30N4O3. The van der Waals surface area contributed by atoms with Crippen LogP contribution in [0.25, 0.3) is 0 Å². The first-order valence-electron chi connectivity index (χ1n) is 9.18. The van der Waals surface area contributed by atoms with Crippen LogP contribution in [0.1, 0.15) is 35.2 Å². The van der Waals surface area contributed by atoms with E-state index in [2.05, 4.69) is 20.9 Å². The quantitative estimate of drug-likeness (QED) is 0.350. The summed E-state index contributed by atoms with van der Waals surface area (Å²) in [5, 5.41) is 9.15. The molecule has 1 aromatic rings. The van der Waals surface area contributed by atoms with Crippen LogP contribution >= 0.6 is 0 Å². The van der Waals surface area contributed by atoms with E-state index in [0.29, 0.717) is 25.3 Å². The predicted octanol–water partition coefficient (Wildman–Crippen LogP) is 1.30. The van der Waals surface area contributed by atoms with Crippen molar-refractivity contribution in [1.29, 1.82) is 0 Å². The van der Waals surface area contributed by atoms with Gasteiger partial charge in [0, 0.05) is 46.0 Å². The van der Waals surface area contributed by atoms with Crippen LogP contribution in [0.3, 0.4) is 0 Å². The number of amides is 1. The first-order chi connectivity index (χ1) is 12.7. The van der Waals surface area contributed by atoms with Crippen molar-refractivity contribution >= 4 is 11.9 Å². The van der Waals surface area contributed by atoms with E-state index in [0.717, 1.165) is 43.9 Å². The first-order valence-corrected chi connectivity index (χ1v) is 9.18. The molecule has 0 bridgehead atoms. The van der Waals surface area contributed by atoms with Gasteiger partial charge < -0.3 is 25.4 Å². The van der Waals surface area contributed by atoms with Crippen LogP contribution in [-0.2, 0) is 16.0 Å². The first kappa shape index (κ1) is 20.2. The van der Waals surface area contributed by atoms with Gasteiger partial charge in [0.1, 0.15) is 0 Å². The SMILES string of the molecule is CN=C(NCCCOCC1CCCO1)NCc1cccc(C(=O)NC)c1. The molecule has 0 aliphatic carbocycles. The number of carbonyl (C=O) groups excluding carboxylic acids is 1. The molecule has 2 rings (SSSR count). The Morgan fingerprint density at radius 1 is 1.38 bits per heavy atom. The van der Waals surface area contributed by atoms with Gasteiger partial charge in [-0.3, -0.25) is 9.79 Å². The molecule has 1 aromatic carbocycles. The molecule has 3 N–H and O–H groups in total. The molecule has 0 spiro atoms. The van der Waals surface area contributed by atoms with Crippen LogP contribution in [0.2, 0.25) is 0 Å². The highest BCUT2D eigenvalue weighted by Gasteiger charge is 2.14. The van der Waals surface area contributed by atoms with Crippen molar-refractivity contribution in [2.75, 3.05) is 40.5 Å². The van der Waals surface area contributed by atoms with E-state index in [9.17, 15) is 4.79 Å². The number of hydrogen-bond acceptors (Lipinski definition) is 4. The molecule has 0 saturated carbocycles. The molecule has 1 saturated heterocycles. The normalized spacial score (nSPS) is 17.2. The van der Waals surface area contributed by atoms with Gasteiger partial charge in [-0.15, -0.1) is 0 Å². The Labute approximate surface area is 155 Å². The number of aliphatic imine (C=N–C) groups is 1. The lowest BCUT2D eigenvalue weighted by atomic mass is 10.1. The lowest BCUT2D eigenvalue weighted by molar-refractivity contribution is 0.0168. The Morgan fingerprint density at radius 3 is 3.00 bits per heavy atom. The van der Waals surface area contributed by atoms with Crippen molar-refractivity contribution in [2.45, 2.75) is 31.9 Å². The molecule has 26 heavy (non-hydrogen) atoms. The zero-order valence-electron chi connectivity index (χ0n) is 15.7. The molecule has 1 fully saturated rings. The van der Waals surface area contributed by atoms with E-state index < -0.39 is 0 Å². The smallest absolute Gasteiger partial charge is 0.251 e. The molecule has 1 unspecified atom stereocenters. The molecule has 1 amide bonds. The topological polar surface area (TPSA) is 84.0 Å². The summed E-state index contributed by atoms with van der Waals surface area (Å²) in [5.74, 6) is 0.645. The molecule has 144 valence electrons. The Bertz CT molecular complexity index is 586. The summed E-state index contributed by atoms with van der Waals surface area (Å²) in [6.45, 7) is 3.64. The largest absolute Gasteiger partial charge is 0.379 e. The minimum Gasteiger partial charge on any atom is -0.379 e. The van der Waals surface area contributed by atoms with Crippen LogP contribution in [0.5, 0.6) is 0 Å². The van der Waals surface area contributed by atoms with Crippen molar-refractivity contribution < 1.29 is 14.3 Å². The van der Waals surface area contributed by atoms with E-state index in [4.69, 9.17) is 9.47 Å². The molecule has 1 aliphatic rings. The predicted molar refractivity (Wildman–Crippen MR) is 102 cm³/mol. The van der Waals surface area contributed by atoms with E-state index in [1.54, 1.807) is 20.2 Å². The molecule has 1 aliphatic heterocycles. The summed E-state index contributed by atoms with van der Waals surface area (Å²) in [7, 11) is 3.37. The lowest BCUT2D eigenvalue weighted by Crippen LogP contribution is -2.37. The Morgan fingerprint density at radius 2 is 2.27 bits per heavy atom. The summed E-state index contributed by atoms with van der Waals surface area (Å²) in [6.07, 6.45) is 3.43. The minimum atomic E-state index is -0.0858. The molecule has 0 radical (unpaired) electrons. The van der Waals surface area contributed by atoms with E-state index in [1.807, 2.05) is 18.2 Å². The summed E-state index contributed by atoms with van der Waals surface area (Å²) in [5.41, 5.74) is 1.67. The van der Waals surface area contributed by atoms with Gasteiger partial charge in [0.15, 0.2) is 5.96 Å². The summed E-state index contributed by atoms with van der Waals surface area (Å²) in [4.78, 5) is 15.9. The average molecular weight is 362 g/mol. The monoisotopic (exact) mass is 362 g/mol. The van der Waals surface area contributed by atoms with Crippen molar-refractivity contribution in [1.82, 2.24) is 16.0 Å². The summed E-state index contributed by atoms with van der Waals surface area (Å²) < 4.78 is 11.2. The second kappa shape index (κ2) is 11.5. The lowest BCUT2D eigenvalue weighted by Gasteiger charge is -2.13. The number of guanidine groups is 1. The van der Waals surface area contributed by atoms with Gasteiger partial charge in [-0.25, -0.2) is 0 Å². The summed E-state index contributed by atoms with van der Waals surface area (Å²) in [6, 6.07) is 7.53. The third-order valence-corrected chi connectivity index (χ3v) is 4.19. The second-order valence-electron chi connectivity index (χ2n) is 6.20. The second-order valence-corrected chi connectivity index (χ2v) is 6.20. The number of nitrogens with zero attached hydrogens (tertiary/aromatic N) is 1. The fourth-order valence-electron chi connectivity index (χ4n) is 2.74. The van der Waals surface area contributed by atoms with Gasteiger partial charge in [-0.2, -0.15) is 0 Å². The van der Waals surface area contributed by atoms with Crippen LogP contribution < -0.4 is 16.0 Å². The maximum absolute atomic E-state index is 11.7. The number of carbonyl (C=O) groups is 1. The Hall–Kier alpha value is -2.12. The van der Waals surface area contributed by atoms with Crippen LogP contribution in [0, 0.1) is 0 Å². The average Bonchev–Trinajstić information content (AvgIpc) is 3.20. The standard InChI is InChI=1S/C19H30N4O3/c1-20-18(24)16-7-3-6-15(12-16)13-23-19(21-2)22-9-5-10-25-14-17-8-4-11-26-17/h3,6-7,12,17H,4-5,8-11,13-14H2,1-2H3,(H,20,24)(H2,21,22,23). The molecular weight excluding hydrogens is 332 g/mol. The highest BCUT2D eigenvalue weighted by atomic mass is 16.5. The number of nitrogens with one attached hydrogen (secondary N) is 3. The van der Waals surface area contributed by atoms with Gasteiger partial charge in [-0.05, 0) is 37.0 Å². The molecule has 7 heteroatoms. The minimum absolute atomic E-state index is 0.0858. The fraction of sp³-hybridized carbons (Fsp3) is 0.579. The number of rotatable bonds is 9. The van der Waals surface area contributed by atoms with Crippen LogP contribution in [0.15, 0.2) is 29.3 Å². The zero-order chi connectivity index (χ0) is 18.6. The van der Waals surface area contributed by atoms with Crippen molar-refractivity contribution in [2.24, 2.45) is 4.99 Å². The van der Waals surface area contributed by atoms with Gasteiger partial charge in [-0.1, -0.05) is 12.1 Å². The van der Waals surface area contributed by atoms with Gasteiger partial charge >= 0.3 is 0 Å². The highest BCUT2D eigenvalue weighted by Crippen LogP contribution is 2.11. The molecule has 1 atom stereocenters. The third kappa shape index (κ3) is 7.01. The van der Waals surface area contributed by atoms with Crippen LogP contribution in [0.4, 0.5) is 0 Å².